The Hall–Kier alpha value is -1.45. The highest BCUT2D eigenvalue weighted by atomic mass is 16.1. The van der Waals surface area contributed by atoms with Gasteiger partial charge in [-0.2, -0.15) is 0 Å². The van der Waals surface area contributed by atoms with Gasteiger partial charge in [-0.1, -0.05) is 6.58 Å². The molecule has 1 amide bonds. The number of amides is 1. The van der Waals surface area contributed by atoms with Gasteiger partial charge in [-0.05, 0) is 19.9 Å². The number of rotatable bonds is 4. The number of hydrogen-bond acceptors (Lipinski definition) is 3. The molecule has 0 spiro atoms. The highest BCUT2D eigenvalue weighted by Gasteiger charge is 1.95. The molecule has 74 valence electrons. The molecular weight excluding hydrogens is 170 g/mol. The Morgan fingerprint density at radius 3 is 1.46 bits per heavy atom. The van der Waals surface area contributed by atoms with Crippen LogP contribution in [0.25, 0.3) is 0 Å². The van der Waals surface area contributed by atoms with Crippen molar-refractivity contribution in [1.29, 1.82) is 0 Å². The van der Waals surface area contributed by atoms with Crippen LogP contribution in [0, 0.1) is 0 Å². The van der Waals surface area contributed by atoms with E-state index in [1.165, 1.54) is 13.8 Å². The van der Waals surface area contributed by atoms with Crippen LogP contribution in [0.2, 0.25) is 0 Å². The van der Waals surface area contributed by atoms with Gasteiger partial charge in [0, 0.05) is 12.8 Å². The Morgan fingerprint density at radius 2 is 1.38 bits per heavy atom. The molecule has 0 saturated heterocycles. The van der Waals surface area contributed by atoms with E-state index in [-0.39, 0.29) is 11.6 Å². The molecule has 0 atom stereocenters. The minimum atomic E-state index is -0.481. The molecule has 0 rings (SSSR count). The molecule has 0 fully saturated rings. The second-order valence-corrected chi connectivity index (χ2v) is 2.51. The standard InChI is InChI=1S/C6H10O2.C3H5NO/c1-5(7)3-4-6(2)8;1-2-3(4)5/h3-4H2,1-2H3;2H,1H2,(H2,4,5). The molecule has 4 nitrogen and oxygen atoms in total. The summed E-state index contributed by atoms with van der Waals surface area (Å²) in [7, 11) is 0. The first kappa shape index (κ1) is 14.1. The summed E-state index contributed by atoms with van der Waals surface area (Å²) < 4.78 is 0. The van der Waals surface area contributed by atoms with E-state index in [2.05, 4.69) is 12.3 Å². The normalized spacial score (nSPS) is 7.85. The van der Waals surface area contributed by atoms with Crippen molar-refractivity contribution >= 4 is 17.5 Å². The summed E-state index contributed by atoms with van der Waals surface area (Å²) in [6, 6.07) is 0. The SMILES string of the molecule is C=CC(N)=O.CC(=O)CCC(C)=O. The lowest BCUT2D eigenvalue weighted by Crippen LogP contribution is -2.04. The fourth-order valence-electron chi connectivity index (χ4n) is 0.352. The fourth-order valence-corrected chi connectivity index (χ4v) is 0.352. The molecule has 0 saturated carbocycles. The largest absolute Gasteiger partial charge is 0.366 e. The maximum Gasteiger partial charge on any atom is 0.240 e. The van der Waals surface area contributed by atoms with Gasteiger partial charge >= 0.3 is 0 Å². The summed E-state index contributed by atoms with van der Waals surface area (Å²) in [5.41, 5.74) is 4.53. The summed E-state index contributed by atoms with van der Waals surface area (Å²) in [5.74, 6) is -0.314. The van der Waals surface area contributed by atoms with Crippen molar-refractivity contribution in [3.63, 3.8) is 0 Å². The molecule has 0 unspecified atom stereocenters. The van der Waals surface area contributed by atoms with E-state index >= 15 is 0 Å². The molecule has 0 aromatic rings. The fraction of sp³-hybridized carbons (Fsp3) is 0.444. The number of carbonyl (C=O) groups is 3. The molecule has 0 aliphatic heterocycles. The summed E-state index contributed by atoms with van der Waals surface area (Å²) >= 11 is 0. The van der Waals surface area contributed by atoms with E-state index in [9.17, 15) is 14.4 Å². The van der Waals surface area contributed by atoms with Gasteiger partial charge in [-0.3, -0.25) is 4.79 Å². The maximum absolute atomic E-state index is 10.2. The predicted octanol–water partition coefficient (Wildman–Crippen LogP) is 0.602. The van der Waals surface area contributed by atoms with Crippen molar-refractivity contribution in [1.82, 2.24) is 0 Å². The zero-order valence-electron chi connectivity index (χ0n) is 8.00. The van der Waals surface area contributed by atoms with Gasteiger partial charge in [0.25, 0.3) is 0 Å². The van der Waals surface area contributed by atoms with Crippen LogP contribution in [0.1, 0.15) is 26.7 Å². The smallest absolute Gasteiger partial charge is 0.240 e. The zero-order valence-corrected chi connectivity index (χ0v) is 8.00. The van der Waals surface area contributed by atoms with Crippen LogP contribution in [0.4, 0.5) is 0 Å². The van der Waals surface area contributed by atoms with Gasteiger partial charge in [0.05, 0.1) is 0 Å². The molecule has 0 aliphatic carbocycles. The third-order valence-electron chi connectivity index (χ3n) is 1.03. The topological polar surface area (TPSA) is 77.2 Å². The van der Waals surface area contributed by atoms with Crippen LogP contribution in [-0.4, -0.2) is 17.5 Å². The second kappa shape index (κ2) is 8.64. The highest BCUT2D eigenvalue weighted by molar-refractivity contribution is 5.85. The van der Waals surface area contributed by atoms with Gasteiger partial charge < -0.3 is 15.3 Å². The summed E-state index contributed by atoms with van der Waals surface area (Å²) in [6.07, 6.45) is 1.85. The van der Waals surface area contributed by atoms with Gasteiger partial charge in [0.1, 0.15) is 11.6 Å². The van der Waals surface area contributed by atoms with E-state index in [0.717, 1.165) is 6.08 Å². The lowest BCUT2D eigenvalue weighted by Gasteiger charge is -1.86. The maximum atomic E-state index is 10.2. The van der Waals surface area contributed by atoms with Crippen LogP contribution >= 0.6 is 0 Å². The van der Waals surface area contributed by atoms with Crippen LogP contribution in [0.15, 0.2) is 12.7 Å². The van der Waals surface area contributed by atoms with E-state index in [1.54, 1.807) is 0 Å². The third-order valence-corrected chi connectivity index (χ3v) is 1.03. The molecular formula is C9H15NO3. The minimum absolute atomic E-state index is 0.0835. The van der Waals surface area contributed by atoms with Crippen molar-refractivity contribution in [2.45, 2.75) is 26.7 Å². The van der Waals surface area contributed by atoms with Crippen molar-refractivity contribution in [3.05, 3.63) is 12.7 Å². The Morgan fingerprint density at radius 1 is 1.15 bits per heavy atom. The summed E-state index contributed by atoms with van der Waals surface area (Å²) in [6.45, 7) is 6.06. The van der Waals surface area contributed by atoms with E-state index in [0.29, 0.717) is 12.8 Å². The first-order valence-electron chi connectivity index (χ1n) is 3.81. The molecule has 2 N–H and O–H groups in total. The number of nitrogens with two attached hydrogens (primary N) is 1. The first-order chi connectivity index (χ1) is 5.90. The Kier molecular flexibility index (Phi) is 9.37. The highest BCUT2D eigenvalue weighted by Crippen LogP contribution is 1.89. The lowest BCUT2D eigenvalue weighted by molar-refractivity contribution is -0.122. The zero-order chi connectivity index (χ0) is 10.9. The van der Waals surface area contributed by atoms with Gasteiger partial charge in [-0.15, -0.1) is 0 Å². The quantitative estimate of drug-likeness (QED) is 0.651. The van der Waals surface area contributed by atoms with Crippen molar-refractivity contribution in [3.8, 4) is 0 Å². The van der Waals surface area contributed by atoms with Crippen LogP contribution in [-0.2, 0) is 14.4 Å². The van der Waals surface area contributed by atoms with Crippen LogP contribution in [0.3, 0.4) is 0 Å². The van der Waals surface area contributed by atoms with Crippen molar-refractivity contribution in [2.75, 3.05) is 0 Å². The molecule has 0 aliphatic rings. The monoisotopic (exact) mass is 185 g/mol. The van der Waals surface area contributed by atoms with Gasteiger partial charge in [0.15, 0.2) is 0 Å². The molecule has 13 heavy (non-hydrogen) atoms. The molecule has 0 aromatic heterocycles. The predicted molar refractivity (Wildman–Crippen MR) is 50.0 cm³/mol. The Balaban J connectivity index is 0. The molecule has 0 bridgehead atoms. The Labute approximate surface area is 77.8 Å². The molecule has 4 heteroatoms. The number of primary amides is 1. The van der Waals surface area contributed by atoms with E-state index in [4.69, 9.17) is 0 Å². The average molecular weight is 185 g/mol. The average Bonchev–Trinajstić information content (AvgIpc) is 2.02. The third kappa shape index (κ3) is 25.0. The molecule has 0 radical (unpaired) electrons. The van der Waals surface area contributed by atoms with Gasteiger partial charge in [0.2, 0.25) is 5.91 Å². The molecule has 0 heterocycles. The van der Waals surface area contributed by atoms with Crippen LogP contribution in [0.5, 0.6) is 0 Å². The number of hydrogen-bond donors (Lipinski definition) is 1. The number of ketones is 2. The minimum Gasteiger partial charge on any atom is -0.366 e. The van der Waals surface area contributed by atoms with E-state index in [1.807, 2.05) is 0 Å². The van der Waals surface area contributed by atoms with Crippen molar-refractivity contribution in [2.24, 2.45) is 5.73 Å². The number of Topliss-reactive ketones (excluding diaryl/α,β-unsaturated/α-hetero) is 2. The van der Waals surface area contributed by atoms with Crippen molar-refractivity contribution < 1.29 is 14.4 Å². The van der Waals surface area contributed by atoms with Gasteiger partial charge in [-0.25, -0.2) is 0 Å². The van der Waals surface area contributed by atoms with Crippen LogP contribution < -0.4 is 5.73 Å². The second-order valence-electron chi connectivity index (χ2n) is 2.51. The number of carbonyl (C=O) groups excluding carboxylic acids is 3. The Bertz CT molecular complexity index is 195. The summed E-state index contributed by atoms with van der Waals surface area (Å²) in [5, 5.41) is 0. The molecule has 0 aromatic carbocycles. The van der Waals surface area contributed by atoms with E-state index < -0.39 is 5.91 Å². The lowest BCUT2D eigenvalue weighted by atomic mass is 10.2. The first-order valence-corrected chi connectivity index (χ1v) is 3.81. The summed E-state index contributed by atoms with van der Waals surface area (Å²) in [4.78, 5) is 29.9.